The second kappa shape index (κ2) is 9.57. The third kappa shape index (κ3) is 5.47. The largest absolute Gasteiger partial charge is 0.354 e. The summed E-state index contributed by atoms with van der Waals surface area (Å²) in [5, 5.41) is 3.04. The fourth-order valence-corrected chi connectivity index (χ4v) is 3.69. The van der Waals surface area contributed by atoms with Gasteiger partial charge in [0.25, 0.3) is 11.1 Å². The summed E-state index contributed by atoms with van der Waals surface area (Å²) in [6.45, 7) is 0.388. The molecule has 0 atom stereocenters. The van der Waals surface area contributed by atoms with Gasteiger partial charge < -0.3 is 5.32 Å². The molecule has 0 bridgehead atoms. The van der Waals surface area contributed by atoms with Gasteiger partial charge in [-0.3, -0.25) is 19.3 Å². The van der Waals surface area contributed by atoms with E-state index in [1.165, 1.54) is 0 Å². The predicted octanol–water partition coefficient (Wildman–Crippen LogP) is 4.13. The number of nitrogens with zero attached hydrogens (tertiary/aromatic N) is 1. The number of halogens is 1. The van der Waals surface area contributed by atoms with Crippen molar-refractivity contribution in [3.05, 3.63) is 75.7 Å². The van der Waals surface area contributed by atoms with Crippen LogP contribution in [0.2, 0.25) is 5.02 Å². The molecule has 0 aromatic heterocycles. The first-order valence-corrected chi connectivity index (χ1v) is 10.0. The minimum atomic E-state index is -0.344. The summed E-state index contributed by atoms with van der Waals surface area (Å²) in [6, 6.07) is 16.8. The quantitative estimate of drug-likeness (QED) is 0.692. The number of carbonyl (C=O) groups excluding carboxylic acids is 3. The van der Waals surface area contributed by atoms with E-state index in [4.69, 9.17) is 11.6 Å². The molecule has 0 aliphatic carbocycles. The van der Waals surface area contributed by atoms with Gasteiger partial charge in [-0.25, -0.2) is 0 Å². The first-order valence-electron chi connectivity index (χ1n) is 8.84. The zero-order chi connectivity index (χ0) is 19.9. The molecule has 0 unspecified atom stereocenters. The normalized spacial score (nSPS) is 15.3. The van der Waals surface area contributed by atoms with Crippen molar-refractivity contribution in [2.24, 2.45) is 0 Å². The average molecular weight is 415 g/mol. The van der Waals surface area contributed by atoms with Crippen LogP contribution in [-0.4, -0.2) is 35.0 Å². The van der Waals surface area contributed by atoms with Gasteiger partial charge in [0.05, 0.1) is 4.91 Å². The Morgan fingerprint density at radius 3 is 2.50 bits per heavy atom. The molecule has 3 rings (SSSR count). The molecule has 144 valence electrons. The molecule has 2 aromatic carbocycles. The zero-order valence-corrected chi connectivity index (χ0v) is 16.6. The standard InChI is InChI=1S/C21H19ClN2O3S/c22-17-9-6-16(7-10-17)14-18-20(26)24(21(27)28-18)13-12-23-19(25)11-8-15-4-2-1-3-5-15/h1-7,9-10,14H,8,11-13H2,(H,23,25)/b18-14-. The number of aryl methyl sites for hydroxylation is 1. The molecular weight excluding hydrogens is 396 g/mol. The Bertz CT molecular complexity index is 898. The lowest BCUT2D eigenvalue weighted by Gasteiger charge is -2.13. The van der Waals surface area contributed by atoms with E-state index in [-0.39, 0.29) is 30.1 Å². The Hall–Kier alpha value is -2.57. The van der Waals surface area contributed by atoms with E-state index in [0.29, 0.717) is 22.8 Å². The summed E-state index contributed by atoms with van der Waals surface area (Å²) in [5.74, 6) is -0.448. The number of benzene rings is 2. The molecule has 7 heteroatoms. The van der Waals surface area contributed by atoms with Crippen LogP contribution < -0.4 is 5.32 Å². The molecule has 1 aliphatic rings. The SMILES string of the molecule is O=C(CCc1ccccc1)NCCN1C(=O)S/C(=C\c2ccc(Cl)cc2)C1=O. The van der Waals surface area contributed by atoms with Crippen molar-refractivity contribution in [1.82, 2.24) is 10.2 Å². The van der Waals surface area contributed by atoms with Crippen LogP contribution in [0, 0.1) is 0 Å². The van der Waals surface area contributed by atoms with E-state index in [1.54, 1.807) is 30.3 Å². The van der Waals surface area contributed by atoms with E-state index in [2.05, 4.69) is 5.32 Å². The number of nitrogens with one attached hydrogen (secondary N) is 1. The molecule has 1 saturated heterocycles. The summed E-state index contributed by atoms with van der Waals surface area (Å²) in [6.07, 6.45) is 2.68. The lowest BCUT2D eigenvalue weighted by molar-refractivity contribution is -0.124. The summed E-state index contributed by atoms with van der Waals surface area (Å²) in [4.78, 5) is 38.0. The highest BCUT2D eigenvalue weighted by Crippen LogP contribution is 2.32. The van der Waals surface area contributed by atoms with Crippen LogP contribution in [0.4, 0.5) is 4.79 Å². The lowest BCUT2D eigenvalue weighted by atomic mass is 10.1. The summed E-state index contributed by atoms with van der Waals surface area (Å²) < 4.78 is 0. The molecule has 0 radical (unpaired) electrons. The summed E-state index contributed by atoms with van der Waals surface area (Å²) >= 11 is 6.75. The molecule has 2 aromatic rings. The fourth-order valence-electron chi connectivity index (χ4n) is 2.70. The van der Waals surface area contributed by atoms with Gasteiger partial charge in [-0.2, -0.15) is 0 Å². The van der Waals surface area contributed by atoms with Gasteiger partial charge in [0.2, 0.25) is 5.91 Å². The topological polar surface area (TPSA) is 66.5 Å². The van der Waals surface area contributed by atoms with Crippen LogP contribution in [-0.2, 0) is 16.0 Å². The van der Waals surface area contributed by atoms with Gasteiger partial charge >= 0.3 is 0 Å². The molecule has 28 heavy (non-hydrogen) atoms. The Labute approximate surface area is 172 Å². The van der Waals surface area contributed by atoms with E-state index >= 15 is 0 Å². The average Bonchev–Trinajstić information content (AvgIpc) is 2.96. The van der Waals surface area contributed by atoms with Crippen LogP contribution in [0.25, 0.3) is 6.08 Å². The second-order valence-corrected chi connectivity index (χ2v) is 7.65. The van der Waals surface area contributed by atoms with Crippen LogP contribution in [0.3, 0.4) is 0 Å². The molecule has 1 fully saturated rings. The van der Waals surface area contributed by atoms with E-state index in [1.807, 2.05) is 30.3 Å². The molecule has 1 heterocycles. The highest BCUT2D eigenvalue weighted by atomic mass is 35.5. The summed E-state index contributed by atoms with van der Waals surface area (Å²) in [7, 11) is 0. The van der Waals surface area contributed by atoms with Crippen molar-refractivity contribution in [3.8, 4) is 0 Å². The third-order valence-corrected chi connectivity index (χ3v) is 5.34. The Morgan fingerprint density at radius 1 is 1.07 bits per heavy atom. The van der Waals surface area contributed by atoms with Crippen molar-refractivity contribution in [3.63, 3.8) is 0 Å². The molecule has 5 nitrogen and oxygen atoms in total. The van der Waals surface area contributed by atoms with Gasteiger partial charge in [0.15, 0.2) is 0 Å². The highest BCUT2D eigenvalue weighted by molar-refractivity contribution is 8.18. The van der Waals surface area contributed by atoms with Crippen LogP contribution in [0.1, 0.15) is 17.5 Å². The summed E-state index contributed by atoms with van der Waals surface area (Å²) in [5.41, 5.74) is 1.89. The number of rotatable bonds is 7. The number of amides is 3. The minimum Gasteiger partial charge on any atom is -0.354 e. The molecule has 0 saturated carbocycles. The first-order chi connectivity index (χ1) is 13.5. The van der Waals surface area contributed by atoms with Crippen molar-refractivity contribution < 1.29 is 14.4 Å². The van der Waals surface area contributed by atoms with Gasteiger partial charge in [-0.05, 0) is 47.5 Å². The third-order valence-electron chi connectivity index (χ3n) is 4.18. The van der Waals surface area contributed by atoms with Crippen molar-refractivity contribution in [2.45, 2.75) is 12.8 Å². The van der Waals surface area contributed by atoms with Crippen LogP contribution in [0.5, 0.6) is 0 Å². The van der Waals surface area contributed by atoms with E-state index in [9.17, 15) is 14.4 Å². The fraction of sp³-hybridized carbons (Fsp3) is 0.190. The minimum absolute atomic E-state index is 0.104. The number of hydrogen-bond acceptors (Lipinski definition) is 4. The number of hydrogen-bond donors (Lipinski definition) is 1. The smallest absolute Gasteiger partial charge is 0.293 e. The maximum Gasteiger partial charge on any atom is 0.293 e. The predicted molar refractivity (Wildman–Crippen MR) is 112 cm³/mol. The Kier molecular flexibility index (Phi) is 6.90. The Morgan fingerprint density at radius 2 is 1.79 bits per heavy atom. The number of thioether (sulfide) groups is 1. The van der Waals surface area contributed by atoms with Crippen LogP contribution in [0.15, 0.2) is 59.5 Å². The van der Waals surface area contributed by atoms with Gasteiger partial charge in [-0.15, -0.1) is 0 Å². The maximum absolute atomic E-state index is 12.5. The lowest BCUT2D eigenvalue weighted by Crippen LogP contribution is -2.37. The zero-order valence-electron chi connectivity index (χ0n) is 15.1. The monoisotopic (exact) mass is 414 g/mol. The molecule has 0 spiro atoms. The van der Waals surface area contributed by atoms with Gasteiger partial charge in [-0.1, -0.05) is 54.1 Å². The highest BCUT2D eigenvalue weighted by Gasteiger charge is 2.34. The van der Waals surface area contributed by atoms with Crippen molar-refractivity contribution in [1.29, 1.82) is 0 Å². The second-order valence-electron chi connectivity index (χ2n) is 6.22. The van der Waals surface area contributed by atoms with Gasteiger partial charge in [0.1, 0.15) is 0 Å². The van der Waals surface area contributed by atoms with Crippen LogP contribution >= 0.6 is 23.4 Å². The molecule has 1 N–H and O–H groups in total. The van der Waals surface area contributed by atoms with E-state index in [0.717, 1.165) is 27.8 Å². The molecular formula is C21H19ClN2O3S. The Balaban J connectivity index is 1.48. The van der Waals surface area contributed by atoms with Crippen molar-refractivity contribution >= 4 is 46.5 Å². The van der Waals surface area contributed by atoms with Gasteiger partial charge in [0, 0.05) is 24.5 Å². The number of carbonyl (C=O) groups is 3. The van der Waals surface area contributed by atoms with Crippen molar-refractivity contribution in [2.75, 3.05) is 13.1 Å². The molecule has 1 aliphatic heterocycles. The number of imide groups is 1. The maximum atomic E-state index is 12.5. The van der Waals surface area contributed by atoms with E-state index < -0.39 is 0 Å². The first kappa shape index (κ1) is 20.2. The molecule has 3 amide bonds.